The summed E-state index contributed by atoms with van der Waals surface area (Å²) in [6, 6.07) is 7.96. The number of anilines is 1. The molecule has 2 heterocycles. The number of aliphatic hydroxyl groups is 1. The summed E-state index contributed by atoms with van der Waals surface area (Å²) in [6.07, 6.45) is -4.22. The Morgan fingerprint density at radius 3 is 2.50 bits per heavy atom. The molecule has 0 aliphatic carbocycles. The number of aryl methyl sites for hydroxylation is 2. The molecule has 9 heteroatoms. The van der Waals surface area contributed by atoms with Gasteiger partial charge >= 0.3 is 6.18 Å². The Labute approximate surface area is 147 Å². The molecular weight excluding hydrogens is 349 g/mol. The first-order chi connectivity index (χ1) is 12.1. The molecule has 1 aliphatic rings. The van der Waals surface area contributed by atoms with Crippen LogP contribution in [0.25, 0.3) is 5.57 Å². The zero-order valence-electron chi connectivity index (χ0n) is 14.1. The van der Waals surface area contributed by atoms with Crippen molar-refractivity contribution in [1.29, 1.82) is 0 Å². The van der Waals surface area contributed by atoms with E-state index in [9.17, 15) is 23.1 Å². The molecule has 0 saturated heterocycles. The Balaban J connectivity index is 1.69. The zero-order chi connectivity index (χ0) is 19.1. The molecule has 26 heavy (non-hydrogen) atoms. The summed E-state index contributed by atoms with van der Waals surface area (Å²) in [4.78, 5) is 12.1. The molecule has 0 radical (unpaired) electrons. The van der Waals surface area contributed by atoms with Gasteiger partial charge in [0.05, 0.1) is 0 Å². The van der Waals surface area contributed by atoms with E-state index in [1.807, 2.05) is 12.2 Å². The van der Waals surface area contributed by atoms with E-state index in [-0.39, 0.29) is 11.6 Å². The summed E-state index contributed by atoms with van der Waals surface area (Å²) < 4.78 is 40.1. The zero-order valence-corrected chi connectivity index (χ0v) is 14.1. The van der Waals surface area contributed by atoms with Crippen molar-refractivity contribution in [3.63, 3.8) is 0 Å². The average molecular weight is 366 g/mol. The highest BCUT2D eigenvalue weighted by atomic mass is 19.4. The molecule has 2 aromatic rings. The second-order valence-electron chi connectivity index (χ2n) is 6.17. The van der Waals surface area contributed by atoms with E-state index in [0.29, 0.717) is 16.8 Å². The van der Waals surface area contributed by atoms with Crippen molar-refractivity contribution < 1.29 is 23.1 Å². The van der Waals surface area contributed by atoms with Gasteiger partial charge in [-0.1, -0.05) is 12.1 Å². The minimum atomic E-state index is -4.78. The molecule has 1 unspecified atom stereocenters. The van der Waals surface area contributed by atoms with Gasteiger partial charge in [0.2, 0.25) is 5.72 Å². The van der Waals surface area contributed by atoms with Crippen molar-refractivity contribution in [2.24, 2.45) is 7.05 Å². The highest BCUT2D eigenvalue weighted by Gasteiger charge is 2.55. The number of amides is 1. The molecule has 138 valence electrons. The van der Waals surface area contributed by atoms with Gasteiger partial charge in [-0.2, -0.15) is 18.3 Å². The number of alkyl halides is 3. The first-order valence-electron chi connectivity index (χ1n) is 7.77. The number of hydrogen-bond donors (Lipinski definition) is 3. The molecule has 0 spiro atoms. The second-order valence-corrected chi connectivity index (χ2v) is 6.17. The lowest BCUT2D eigenvalue weighted by Crippen LogP contribution is -2.52. The molecule has 6 nitrogen and oxygen atoms in total. The summed E-state index contributed by atoms with van der Waals surface area (Å²) in [5.41, 5.74) is -0.520. The number of hydrogen-bond acceptors (Lipinski definition) is 4. The maximum Gasteiger partial charge on any atom is 0.436 e. The average Bonchev–Trinajstić information content (AvgIpc) is 3.12. The number of benzene rings is 1. The third-order valence-electron chi connectivity index (χ3n) is 4.26. The van der Waals surface area contributed by atoms with Crippen molar-refractivity contribution in [3.8, 4) is 0 Å². The SMILES string of the molecule is Cc1cc(C(=O)Nc2ccc(C3=CNC(O)(C(F)(F)F)C3)cc2)nn1C. The van der Waals surface area contributed by atoms with Crippen LogP contribution in [0.3, 0.4) is 0 Å². The van der Waals surface area contributed by atoms with Crippen LogP contribution in [-0.4, -0.2) is 32.7 Å². The van der Waals surface area contributed by atoms with Crippen LogP contribution in [0.5, 0.6) is 0 Å². The quantitative estimate of drug-likeness (QED) is 0.780. The standard InChI is InChI=1S/C17H17F3N4O2/c1-10-7-14(23-24(10)2)15(25)22-13-5-3-11(4-6-13)12-8-16(26,21-9-12)17(18,19)20/h3-7,9,21,26H,8H2,1-2H3,(H,22,25). The van der Waals surface area contributed by atoms with Crippen molar-refractivity contribution in [1.82, 2.24) is 15.1 Å². The summed E-state index contributed by atoms with van der Waals surface area (Å²) in [6.45, 7) is 1.82. The molecule has 0 fully saturated rings. The molecule has 0 bridgehead atoms. The number of nitrogens with one attached hydrogen (secondary N) is 2. The third kappa shape index (κ3) is 3.30. The largest absolute Gasteiger partial charge is 0.436 e. The maximum atomic E-state index is 12.8. The van der Waals surface area contributed by atoms with Crippen LogP contribution in [0, 0.1) is 6.92 Å². The van der Waals surface area contributed by atoms with Gasteiger partial charge in [0.1, 0.15) is 0 Å². The first kappa shape index (κ1) is 18.0. The van der Waals surface area contributed by atoms with Crippen molar-refractivity contribution in [2.75, 3.05) is 5.32 Å². The smallest absolute Gasteiger partial charge is 0.363 e. The number of carbonyl (C=O) groups is 1. The lowest BCUT2D eigenvalue weighted by molar-refractivity contribution is -0.263. The fourth-order valence-electron chi connectivity index (χ4n) is 2.59. The molecule has 1 aromatic heterocycles. The fourth-order valence-corrected chi connectivity index (χ4v) is 2.59. The summed E-state index contributed by atoms with van der Waals surface area (Å²) in [5, 5.41) is 18.4. The maximum absolute atomic E-state index is 12.8. The lowest BCUT2D eigenvalue weighted by Gasteiger charge is -2.26. The Bertz CT molecular complexity index is 852. The first-order valence-corrected chi connectivity index (χ1v) is 7.77. The number of halogens is 3. The summed E-state index contributed by atoms with van der Waals surface area (Å²) in [5.74, 6) is -0.380. The molecule has 0 saturated carbocycles. The number of nitrogens with zero attached hydrogens (tertiary/aromatic N) is 2. The van der Waals surface area contributed by atoms with Crippen LogP contribution in [0.4, 0.5) is 18.9 Å². The van der Waals surface area contributed by atoms with Crippen molar-refractivity contribution in [3.05, 3.63) is 53.5 Å². The molecule has 1 aliphatic heterocycles. The van der Waals surface area contributed by atoms with Gasteiger partial charge in [0.25, 0.3) is 5.91 Å². The van der Waals surface area contributed by atoms with Crippen LogP contribution < -0.4 is 10.6 Å². The van der Waals surface area contributed by atoms with Gasteiger partial charge in [-0.15, -0.1) is 0 Å². The van der Waals surface area contributed by atoms with Gasteiger partial charge in [0.15, 0.2) is 5.69 Å². The predicted octanol–water partition coefficient (Wildman–Crippen LogP) is 2.57. The highest BCUT2D eigenvalue weighted by molar-refractivity contribution is 6.03. The van der Waals surface area contributed by atoms with E-state index in [2.05, 4.69) is 10.4 Å². The van der Waals surface area contributed by atoms with E-state index in [1.165, 1.54) is 0 Å². The topological polar surface area (TPSA) is 79.2 Å². The third-order valence-corrected chi connectivity index (χ3v) is 4.26. The fraction of sp³-hybridized carbons (Fsp3) is 0.294. The Morgan fingerprint density at radius 1 is 1.35 bits per heavy atom. The highest BCUT2D eigenvalue weighted by Crippen LogP contribution is 2.39. The van der Waals surface area contributed by atoms with Crippen LogP contribution in [0.15, 0.2) is 36.5 Å². The Morgan fingerprint density at radius 2 is 2.00 bits per heavy atom. The Kier molecular flexibility index (Phi) is 4.27. The van der Waals surface area contributed by atoms with Gasteiger partial charge in [-0.05, 0) is 36.3 Å². The number of aromatic nitrogens is 2. The number of carbonyl (C=O) groups excluding carboxylic acids is 1. The Hall–Kier alpha value is -2.81. The normalized spacial score (nSPS) is 19.8. The minimum Gasteiger partial charge on any atom is -0.363 e. The molecular formula is C17H17F3N4O2. The van der Waals surface area contributed by atoms with Crippen LogP contribution in [0.2, 0.25) is 0 Å². The molecule has 3 N–H and O–H groups in total. The van der Waals surface area contributed by atoms with E-state index in [4.69, 9.17) is 0 Å². The number of rotatable bonds is 3. The van der Waals surface area contributed by atoms with E-state index < -0.39 is 18.3 Å². The van der Waals surface area contributed by atoms with Crippen LogP contribution in [-0.2, 0) is 7.05 Å². The summed E-state index contributed by atoms with van der Waals surface area (Å²) >= 11 is 0. The molecule has 1 amide bonds. The monoisotopic (exact) mass is 366 g/mol. The van der Waals surface area contributed by atoms with E-state index >= 15 is 0 Å². The second kappa shape index (κ2) is 6.17. The van der Waals surface area contributed by atoms with Gasteiger partial charge in [-0.3, -0.25) is 9.48 Å². The van der Waals surface area contributed by atoms with Crippen molar-refractivity contribution >= 4 is 17.2 Å². The summed E-state index contributed by atoms with van der Waals surface area (Å²) in [7, 11) is 1.73. The van der Waals surface area contributed by atoms with E-state index in [1.54, 1.807) is 42.1 Å². The van der Waals surface area contributed by atoms with Gasteiger partial charge < -0.3 is 15.7 Å². The predicted molar refractivity (Wildman–Crippen MR) is 89.1 cm³/mol. The van der Waals surface area contributed by atoms with E-state index in [0.717, 1.165) is 11.9 Å². The molecule has 1 aromatic carbocycles. The van der Waals surface area contributed by atoms with Crippen LogP contribution in [0.1, 0.15) is 28.2 Å². The minimum absolute atomic E-state index is 0.270. The van der Waals surface area contributed by atoms with Crippen LogP contribution >= 0.6 is 0 Å². The molecule has 3 rings (SSSR count). The van der Waals surface area contributed by atoms with Gasteiger partial charge in [-0.25, -0.2) is 0 Å². The molecule has 1 atom stereocenters. The van der Waals surface area contributed by atoms with Crippen molar-refractivity contribution in [2.45, 2.75) is 25.2 Å². The van der Waals surface area contributed by atoms with Gasteiger partial charge in [0, 0.05) is 31.0 Å². The lowest BCUT2D eigenvalue weighted by atomic mass is 10.00.